The number of pyridine rings is 1. The first-order valence-corrected chi connectivity index (χ1v) is 13.9. The first-order chi connectivity index (χ1) is 16.5. The third-order valence-corrected chi connectivity index (χ3v) is 8.84. The number of aromatic nitrogens is 5. The van der Waals surface area contributed by atoms with Gasteiger partial charge in [-0.25, -0.2) is 21.9 Å². The van der Waals surface area contributed by atoms with Crippen LogP contribution in [0.3, 0.4) is 0 Å². The monoisotopic (exact) mass is 526 g/mol. The van der Waals surface area contributed by atoms with Crippen molar-refractivity contribution >= 4 is 32.7 Å². The minimum absolute atomic E-state index is 0.0670. The molecule has 0 bridgehead atoms. The quantitative estimate of drug-likeness (QED) is 0.477. The molecule has 0 atom stereocenters. The molecule has 1 saturated carbocycles. The van der Waals surface area contributed by atoms with Crippen molar-refractivity contribution in [2.45, 2.75) is 50.5 Å². The Morgan fingerprint density at radius 2 is 1.83 bits per heavy atom. The summed E-state index contributed by atoms with van der Waals surface area (Å²) in [6.07, 6.45) is 0.231. The third kappa shape index (κ3) is 5.01. The molecule has 1 aliphatic heterocycles. The Labute approximate surface area is 206 Å². The van der Waals surface area contributed by atoms with E-state index in [4.69, 9.17) is 0 Å². The Morgan fingerprint density at radius 1 is 1.11 bits per heavy atom. The normalized spacial score (nSPS) is 18.8. The highest BCUT2D eigenvalue weighted by Crippen LogP contribution is 2.37. The van der Waals surface area contributed by atoms with Gasteiger partial charge in [-0.05, 0) is 31.7 Å². The van der Waals surface area contributed by atoms with E-state index in [0.717, 1.165) is 32.5 Å². The molecule has 1 N–H and O–H groups in total. The molecule has 3 aromatic heterocycles. The highest BCUT2D eigenvalue weighted by Gasteiger charge is 2.41. The van der Waals surface area contributed by atoms with Crippen LogP contribution in [0, 0.1) is 5.92 Å². The van der Waals surface area contributed by atoms with Crippen molar-refractivity contribution in [1.29, 1.82) is 0 Å². The fourth-order valence-electron chi connectivity index (χ4n) is 4.25. The molecule has 0 spiro atoms. The molecule has 1 aliphatic carbocycles. The van der Waals surface area contributed by atoms with Crippen LogP contribution in [-0.4, -0.2) is 76.4 Å². The molecule has 0 amide bonds. The molecule has 2 fully saturated rings. The van der Waals surface area contributed by atoms with Gasteiger partial charge in [-0.2, -0.15) is 0 Å². The summed E-state index contributed by atoms with van der Waals surface area (Å²) in [4.78, 5) is 4.56. The van der Waals surface area contributed by atoms with Crippen LogP contribution in [0.4, 0.5) is 14.5 Å². The van der Waals surface area contributed by atoms with E-state index in [0.29, 0.717) is 41.7 Å². The van der Waals surface area contributed by atoms with E-state index >= 15 is 0 Å². The molecule has 10 nitrogen and oxygen atoms in total. The summed E-state index contributed by atoms with van der Waals surface area (Å²) in [7, 11) is -3.84. The maximum atomic E-state index is 13.3. The lowest BCUT2D eigenvalue weighted by Gasteiger charge is -2.36. The van der Waals surface area contributed by atoms with E-state index in [2.05, 4.69) is 48.8 Å². The minimum atomic E-state index is -3.84. The second kappa shape index (κ2) is 8.98. The number of alkyl halides is 2. The van der Waals surface area contributed by atoms with Gasteiger partial charge < -0.3 is 4.90 Å². The van der Waals surface area contributed by atoms with Crippen LogP contribution in [0.25, 0.3) is 16.5 Å². The van der Waals surface area contributed by atoms with Crippen molar-refractivity contribution in [3.63, 3.8) is 0 Å². The zero-order chi connectivity index (χ0) is 25.0. The number of nitrogens with one attached hydrogen (secondary N) is 1. The zero-order valence-corrected chi connectivity index (χ0v) is 21.4. The second-order valence-corrected chi connectivity index (χ2v) is 12.6. The largest absolute Gasteiger partial charge is 0.366 e. The lowest BCUT2D eigenvalue weighted by molar-refractivity contribution is 0.150. The number of rotatable bonds is 8. The number of anilines is 1. The first-order valence-electron chi connectivity index (χ1n) is 11.6. The molecule has 2 aliphatic rings. The highest BCUT2D eigenvalue weighted by atomic mass is 32.2. The van der Waals surface area contributed by atoms with Crippen LogP contribution in [0.5, 0.6) is 0 Å². The SMILES string of the molecule is CC(C)CN1CCN(c2cc(S(=O)(=O)NC3(C)CC3)cn3c(-c4nnc(C(F)F)s4)nnc23)CC1. The number of piperazine rings is 1. The van der Waals surface area contributed by atoms with E-state index in [1.54, 1.807) is 6.07 Å². The van der Waals surface area contributed by atoms with E-state index < -0.39 is 27.0 Å². The van der Waals surface area contributed by atoms with E-state index in [9.17, 15) is 17.2 Å². The van der Waals surface area contributed by atoms with E-state index in [1.165, 1.54) is 10.6 Å². The summed E-state index contributed by atoms with van der Waals surface area (Å²) < 4.78 is 57.1. The molecular formula is C21H28F2N8O2S2. The molecule has 4 heterocycles. The van der Waals surface area contributed by atoms with Gasteiger partial charge in [0.25, 0.3) is 6.43 Å². The third-order valence-electron chi connectivity index (χ3n) is 6.31. The average Bonchev–Trinajstić information content (AvgIpc) is 3.17. The van der Waals surface area contributed by atoms with Gasteiger partial charge >= 0.3 is 0 Å². The van der Waals surface area contributed by atoms with Gasteiger partial charge in [-0.15, -0.1) is 20.4 Å². The molecule has 190 valence electrons. The zero-order valence-electron chi connectivity index (χ0n) is 19.8. The summed E-state index contributed by atoms with van der Waals surface area (Å²) >= 11 is 0.713. The maximum Gasteiger partial charge on any atom is 0.291 e. The molecule has 1 saturated heterocycles. The fraction of sp³-hybridized carbons (Fsp3) is 0.619. The summed E-state index contributed by atoms with van der Waals surface area (Å²) in [5.41, 5.74) is 0.635. The van der Waals surface area contributed by atoms with Gasteiger partial charge in [0.05, 0.1) is 5.69 Å². The van der Waals surface area contributed by atoms with Crippen molar-refractivity contribution < 1.29 is 17.2 Å². The van der Waals surface area contributed by atoms with Crippen molar-refractivity contribution in [3.05, 3.63) is 17.3 Å². The first kappa shape index (κ1) is 24.4. The Morgan fingerprint density at radius 3 is 2.43 bits per heavy atom. The van der Waals surface area contributed by atoms with Crippen LogP contribution >= 0.6 is 11.3 Å². The van der Waals surface area contributed by atoms with Crippen molar-refractivity contribution in [2.24, 2.45) is 5.92 Å². The Hall–Kier alpha value is -2.29. The number of hydrogen-bond acceptors (Lipinski definition) is 9. The van der Waals surface area contributed by atoms with Crippen molar-refractivity contribution in [1.82, 2.24) is 34.4 Å². The summed E-state index contributed by atoms with van der Waals surface area (Å²) in [6.45, 7) is 10.3. The number of fused-ring (bicyclic) bond motifs is 1. The van der Waals surface area contributed by atoms with Crippen LogP contribution < -0.4 is 9.62 Å². The molecule has 0 unspecified atom stereocenters. The van der Waals surface area contributed by atoms with Crippen molar-refractivity contribution in [2.75, 3.05) is 37.6 Å². The topological polar surface area (TPSA) is 109 Å². The van der Waals surface area contributed by atoms with Gasteiger partial charge in [0.1, 0.15) is 4.90 Å². The predicted molar refractivity (Wildman–Crippen MR) is 128 cm³/mol. The Kier molecular flexibility index (Phi) is 6.26. The molecule has 3 aromatic rings. The smallest absolute Gasteiger partial charge is 0.291 e. The van der Waals surface area contributed by atoms with E-state index in [1.807, 2.05) is 6.92 Å². The van der Waals surface area contributed by atoms with Gasteiger partial charge in [0, 0.05) is 44.5 Å². The number of halogens is 2. The minimum Gasteiger partial charge on any atom is -0.366 e. The predicted octanol–water partition coefficient (Wildman–Crippen LogP) is 2.79. The molecule has 0 aromatic carbocycles. The summed E-state index contributed by atoms with van der Waals surface area (Å²) in [5.74, 6) is 0.736. The highest BCUT2D eigenvalue weighted by molar-refractivity contribution is 7.89. The summed E-state index contributed by atoms with van der Waals surface area (Å²) in [6, 6.07) is 1.63. The molecule has 5 rings (SSSR count). The number of nitrogens with zero attached hydrogens (tertiary/aromatic N) is 7. The second-order valence-electron chi connectivity index (χ2n) is 9.87. The van der Waals surface area contributed by atoms with Gasteiger partial charge in [-0.1, -0.05) is 25.2 Å². The number of sulfonamides is 1. The maximum absolute atomic E-state index is 13.3. The van der Waals surface area contributed by atoms with Crippen LogP contribution in [-0.2, 0) is 10.0 Å². The molecule has 14 heteroatoms. The fourth-order valence-corrected chi connectivity index (χ4v) is 6.41. The molecule has 0 radical (unpaired) electrons. The van der Waals surface area contributed by atoms with E-state index in [-0.39, 0.29) is 15.7 Å². The average molecular weight is 527 g/mol. The standard InChI is InChI=1S/C21H28F2N8O2S2/c1-13(2)11-29-6-8-30(9-7-29)15-10-14(35(32,33)28-21(3)4-5-21)12-31-17(15)24-25-18(31)20-27-26-19(34-20)16(22)23/h10,12-13,16,28H,4-9,11H2,1-3H3. The lowest BCUT2D eigenvalue weighted by Crippen LogP contribution is -2.47. The van der Waals surface area contributed by atoms with Crippen LogP contribution in [0.15, 0.2) is 17.2 Å². The molecular weight excluding hydrogens is 498 g/mol. The lowest BCUT2D eigenvalue weighted by atomic mass is 10.2. The molecule has 35 heavy (non-hydrogen) atoms. The van der Waals surface area contributed by atoms with Crippen molar-refractivity contribution in [3.8, 4) is 10.8 Å². The van der Waals surface area contributed by atoms with Gasteiger partial charge in [0.2, 0.25) is 10.0 Å². The summed E-state index contributed by atoms with van der Waals surface area (Å²) in [5, 5.41) is 15.6. The van der Waals surface area contributed by atoms with Gasteiger partial charge in [-0.3, -0.25) is 9.30 Å². The van der Waals surface area contributed by atoms with Gasteiger partial charge in [0.15, 0.2) is 21.5 Å². The Balaban J connectivity index is 1.57. The number of hydrogen-bond donors (Lipinski definition) is 1. The van der Waals surface area contributed by atoms with Crippen LogP contribution in [0.1, 0.15) is 45.0 Å². The van der Waals surface area contributed by atoms with Crippen LogP contribution in [0.2, 0.25) is 0 Å². The Bertz CT molecular complexity index is 1330.